The summed E-state index contributed by atoms with van der Waals surface area (Å²) >= 11 is 0. The Morgan fingerprint density at radius 1 is 1.12 bits per heavy atom. The Balaban J connectivity index is 1.49. The standard InChI is InChI=1S/C22H27FN2O/c1-16(2)17-7-9-20(10-8-17)24-22(26)18-11-13-25(14-12-18)15-19-5-3-4-6-21(19)23/h3-10,16,18H,11-15H2,1-2H3,(H,24,26). The Bertz CT molecular complexity index is 734. The first-order valence-electron chi connectivity index (χ1n) is 9.39. The van der Waals surface area contributed by atoms with Crippen molar-refractivity contribution < 1.29 is 9.18 Å². The maximum Gasteiger partial charge on any atom is 0.227 e. The van der Waals surface area contributed by atoms with Crippen LogP contribution in [0, 0.1) is 11.7 Å². The van der Waals surface area contributed by atoms with Crippen molar-refractivity contribution in [2.45, 2.75) is 39.2 Å². The van der Waals surface area contributed by atoms with E-state index in [-0.39, 0.29) is 17.6 Å². The van der Waals surface area contributed by atoms with Crippen molar-refractivity contribution >= 4 is 11.6 Å². The molecule has 1 fully saturated rings. The number of likely N-dealkylation sites (tertiary alicyclic amines) is 1. The molecule has 1 saturated heterocycles. The van der Waals surface area contributed by atoms with Gasteiger partial charge in [0.1, 0.15) is 5.82 Å². The molecule has 2 aromatic carbocycles. The fraction of sp³-hybridized carbons (Fsp3) is 0.409. The molecule has 0 radical (unpaired) electrons. The summed E-state index contributed by atoms with van der Waals surface area (Å²) in [5, 5.41) is 3.03. The van der Waals surface area contributed by atoms with Gasteiger partial charge in [-0.25, -0.2) is 4.39 Å². The van der Waals surface area contributed by atoms with Gasteiger partial charge in [0.2, 0.25) is 5.91 Å². The summed E-state index contributed by atoms with van der Waals surface area (Å²) in [5.41, 5.74) is 2.85. The molecule has 1 heterocycles. The number of hydrogen-bond donors (Lipinski definition) is 1. The van der Waals surface area contributed by atoms with Crippen LogP contribution in [-0.2, 0) is 11.3 Å². The van der Waals surface area contributed by atoms with E-state index < -0.39 is 0 Å². The summed E-state index contributed by atoms with van der Waals surface area (Å²) in [6.45, 7) is 6.56. The van der Waals surface area contributed by atoms with Gasteiger partial charge in [-0.15, -0.1) is 0 Å². The van der Waals surface area contributed by atoms with Crippen molar-refractivity contribution in [3.63, 3.8) is 0 Å². The molecule has 0 saturated carbocycles. The van der Waals surface area contributed by atoms with Gasteiger partial charge in [-0.05, 0) is 55.6 Å². The molecule has 0 spiro atoms. The summed E-state index contributed by atoms with van der Waals surface area (Å²) in [7, 11) is 0. The number of rotatable bonds is 5. The molecule has 0 unspecified atom stereocenters. The fourth-order valence-electron chi connectivity index (χ4n) is 3.42. The van der Waals surface area contributed by atoms with Crippen LogP contribution < -0.4 is 5.32 Å². The second-order valence-electron chi connectivity index (χ2n) is 7.41. The van der Waals surface area contributed by atoms with Crippen LogP contribution in [0.3, 0.4) is 0 Å². The molecule has 0 aromatic heterocycles. The van der Waals surface area contributed by atoms with E-state index in [4.69, 9.17) is 0 Å². The Kier molecular flexibility index (Phi) is 6.04. The molecule has 2 aromatic rings. The lowest BCUT2D eigenvalue weighted by Crippen LogP contribution is -2.37. The van der Waals surface area contributed by atoms with E-state index in [9.17, 15) is 9.18 Å². The van der Waals surface area contributed by atoms with Crippen LogP contribution in [0.5, 0.6) is 0 Å². The molecule has 1 amide bonds. The van der Waals surface area contributed by atoms with Gasteiger partial charge in [-0.3, -0.25) is 9.69 Å². The van der Waals surface area contributed by atoms with Crippen molar-refractivity contribution in [3.8, 4) is 0 Å². The second kappa shape index (κ2) is 8.45. The smallest absolute Gasteiger partial charge is 0.227 e. The lowest BCUT2D eigenvalue weighted by atomic mass is 9.95. The summed E-state index contributed by atoms with van der Waals surface area (Å²) in [4.78, 5) is 14.7. The lowest BCUT2D eigenvalue weighted by Gasteiger charge is -2.31. The average molecular weight is 354 g/mol. The number of anilines is 1. The maximum absolute atomic E-state index is 13.8. The lowest BCUT2D eigenvalue weighted by molar-refractivity contribution is -0.121. The summed E-state index contributed by atoms with van der Waals surface area (Å²) in [5.74, 6) is 0.445. The first-order valence-corrected chi connectivity index (χ1v) is 9.39. The van der Waals surface area contributed by atoms with Crippen LogP contribution >= 0.6 is 0 Å². The third kappa shape index (κ3) is 4.70. The number of carbonyl (C=O) groups is 1. The van der Waals surface area contributed by atoms with Crippen molar-refractivity contribution in [2.75, 3.05) is 18.4 Å². The van der Waals surface area contributed by atoms with E-state index in [1.54, 1.807) is 6.07 Å². The summed E-state index contributed by atoms with van der Waals surface area (Å²) < 4.78 is 13.8. The highest BCUT2D eigenvalue weighted by molar-refractivity contribution is 5.92. The molecular weight excluding hydrogens is 327 g/mol. The zero-order valence-electron chi connectivity index (χ0n) is 15.5. The molecule has 0 atom stereocenters. The van der Waals surface area contributed by atoms with E-state index in [1.807, 2.05) is 24.3 Å². The van der Waals surface area contributed by atoms with Gasteiger partial charge in [0.15, 0.2) is 0 Å². The van der Waals surface area contributed by atoms with Gasteiger partial charge in [-0.1, -0.05) is 44.2 Å². The molecule has 3 nitrogen and oxygen atoms in total. The van der Waals surface area contributed by atoms with E-state index in [0.717, 1.165) is 37.2 Å². The van der Waals surface area contributed by atoms with Crippen molar-refractivity contribution in [2.24, 2.45) is 5.92 Å². The van der Waals surface area contributed by atoms with Crippen LogP contribution in [0.15, 0.2) is 48.5 Å². The van der Waals surface area contributed by atoms with Gasteiger partial charge >= 0.3 is 0 Å². The summed E-state index contributed by atoms with van der Waals surface area (Å²) in [6, 6.07) is 15.0. The molecule has 138 valence electrons. The van der Waals surface area contributed by atoms with Gasteiger partial charge < -0.3 is 5.32 Å². The molecule has 1 aliphatic heterocycles. The molecule has 26 heavy (non-hydrogen) atoms. The van der Waals surface area contributed by atoms with Crippen molar-refractivity contribution in [1.82, 2.24) is 4.90 Å². The van der Waals surface area contributed by atoms with Crippen LogP contribution in [0.2, 0.25) is 0 Å². The number of amides is 1. The van der Waals surface area contributed by atoms with Crippen LogP contribution in [0.4, 0.5) is 10.1 Å². The molecule has 1 N–H and O–H groups in total. The summed E-state index contributed by atoms with van der Waals surface area (Å²) in [6.07, 6.45) is 1.62. The number of halogens is 1. The normalized spacial score (nSPS) is 16.0. The highest BCUT2D eigenvalue weighted by atomic mass is 19.1. The SMILES string of the molecule is CC(C)c1ccc(NC(=O)C2CCN(Cc3ccccc3F)CC2)cc1. The minimum absolute atomic E-state index is 0.0247. The van der Waals surface area contributed by atoms with Crippen LogP contribution in [-0.4, -0.2) is 23.9 Å². The number of benzene rings is 2. The highest BCUT2D eigenvalue weighted by Gasteiger charge is 2.25. The third-order valence-electron chi connectivity index (χ3n) is 5.16. The molecule has 1 aliphatic rings. The quantitative estimate of drug-likeness (QED) is 0.836. The Hall–Kier alpha value is -2.20. The Labute approximate surface area is 155 Å². The highest BCUT2D eigenvalue weighted by Crippen LogP contribution is 2.22. The maximum atomic E-state index is 13.8. The Morgan fingerprint density at radius 3 is 2.38 bits per heavy atom. The average Bonchev–Trinajstić information content (AvgIpc) is 2.64. The first-order chi connectivity index (χ1) is 12.5. The van der Waals surface area contributed by atoms with E-state index in [1.165, 1.54) is 11.6 Å². The topological polar surface area (TPSA) is 32.3 Å². The molecule has 3 rings (SSSR count). The van der Waals surface area contributed by atoms with E-state index >= 15 is 0 Å². The number of nitrogens with zero attached hydrogens (tertiary/aromatic N) is 1. The molecular formula is C22H27FN2O. The predicted molar refractivity (Wildman–Crippen MR) is 104 cm³/mol. The fourth-order valence-corrected chi connectivity index (χ4v) is 3.42. The van der Waals surface area contributed by atoms with E-state index in [0.29, 0.717) is 12.5 Å². The van der Waals surface area contributed by atoms with Gasteiger partial charge in [-0.2, -0.15) is 0 Å². The van der Waals surface area contributed by atoms with Crippen molar-refractivity contribution in [1.29, 1.82) is 0 Å². The third-order valence-corrected chi connectivity index (χ3v) is 5.16. The zero-order valence-corrected chi connectivity index (χ0v) is 15.5. The first kappa shape index (κ1) is 18.6. The number of piperidine rings is 1. The minimum atomic E-state index is -0.155. The Morgan fingerprint density at radius 2 is 1.77 bits per heavy atom. The largest absolute Gasteiger partial charge is 0.326 e. The van der Waals surface area contributed by atoms with Crippen LogP contribution in [0.25, 0.3) is 0 Å². The van der Waals surface area contributed by atoms with Gasteiger partial charge in [0, 0.05) is 23.7 Å². The predicted octanol–water partition coefficient (Wildman–Crippen LogP) is 4.80. The van der Waals surface area contributed by atoms with E-state index in [2.05, 4.69) is 36.2 Å². The molecule has 0 bridgehead atoms. The zero-order chi connectivity index (χ0) is 18.5. The number of hydrogen-bond acceptors (Lipinski definition) is 2. The molecule has 0 aliphatic carbocycles. The number of nitrogens with one attached hydrogen (secondary N) is 1. The van der Waals surface area contributed by atoms with Crippen molar-refractivity contribution in [3.05, 3.63) is 65.5 Å². The minimum Gasteiger partial charge on any atom is -0.326 e. The molecule has 4 heteroatoms. The number of carbonyl (C=O) groups excluding carboxylic acids is 1. The second-order valence-corrected chi connectivity index (χ2v) is 7.41. The van der Waals surface area contributed by atoms with Gasteiger partial charge in [0.25, 0.3) is 0 Å². The monoisotopic (exact) mass is 354 g/mol. The van der Waals surface area contributed by atoms with Crippen LogP contribution in [0.1, 0.15) is 43.7 Å². The van der Waals surface area contributed by atoms with Gasteiger partial charge in [0.05, 0.1) is 0 Å².